The molecule has 1 aliphatic heterocycles. The molecule has 1 aromatic heterocycles. The molecule has 1 saturated heterocycles. The third-order valence-corrected chi connectivity index (χ3v) is 4.17. The van der Waals surface area contributed by atoms with Crippen LogP contribution in [0.5, 0.6) is 6.01 Å². The summed E-state index contributed by atoms with van der Waals surface area (Å²) in [6.45, 7) is 4.25. The predicted octanol–water partition coefficient (Wildman–Crippen LogP) is 2.01. The summed E-state index contributed by atoms with van der Waals surface area (Å²) in [5.74, 6) is 1.63. The Bertz CT molecular complexity index is 461. The van der Waals surface area contributed by atoms with Crippen LogP contribution in [0.2, 0.25) is 0 Å². The van der Waals surface area contributed by atoms with E-state index in [2.05, 4.69) is 26.8 Å². The molecule has 2 unspecified atom stereocenters. The number of nitrogens with zero attached hydrogens (tertiary/aromatic N) is 4. The van der Waals surface area contributed by atoms with Crippen LogP contribution in [-0.4, -0.2) is 34.1 Å². The molecule has 0 bridgehead atoms. The van der Waals surface area contributed by atoms with Crippen LogP contribution < -0.4 is 15.4 Å². The Balaban J connectivity index is 1.72. The molecule has 1 saturated carbocycles. The van der Waals surface area contributed by atoms with Gasteiger partial charge in [-0.2, -0.15) is 15.0 Å². The fourth-order valence-electron chi connectivity index (χ4n) is 3.11. The summed E-state index contributed by atoms with van der Waals surface area (Å²) in [7, 11) is 0. The fourth-order valence-corrected chi connectivity index (χ4v) is 3.11. The maximum absolute atomic E-state index is 5.94. The van der Waals surface area contributed by atoms with E-state index in [4.69, 9.17) is 10.5 Å². The van der Waals surface area contributed by atoms with Gasteiger partial charge in [-0.1, -0.05) is 13.3 Å². The quantitative estimate of drug-likeness (QED) is 0.910. The summed E-state index contributed by atoms with van der Waals surface area (Å²) < 4.78 is 5.94. The lowest BCUT2D eigenvalue weighted by Crippen LogP contribution is -2.26. The molecular weight excluding hydrogens is 254 g/mol. The molecule has 1 aliphatic carbocycles. The first-order chi connectivity index (χ1) is 9.70. The molecule has 6 nitrogen and oxygen atoms in total. The molecular formula is C14H23N5O. The lowest BCUT2D eigenvalue weighted by Gasteiger charge is -2.26. The second-order valence-electron chi connectivity index (χ2n) is 5.98. The number of hydrogen-bond donors (Lipinski definition) is 1. The molecule has 1 aromatic rings. The van der Waals surface area contributed by atoms with Gasteiger partial charge < -0.3 is 15.4 Å². The van der Waals surface area contributed by atoms with Crippen molar-refractivity contribution in [2.75, 3.05) is 23.7 Å². The Morgan fingerprint density at radius 3 is 2.65 bits per heavy atom. The zero-order valence-corrected chi connectivity index (χ0v) is 12.1. The van der Waals surface area contributed by atoms with Crippen molar-refractivity contribution in [1.82, 2.24) is 15.0 Å². The Morgan fingerprint density at radius 2 is 1.90 bits per heavy atom. The van der Waals surface area contributed by atoms with E-state index in [1.165, 1.54) is 25.7 Å². The molecule has 2 fully saturated rings. The van der Waals surface area contributed by atoms with Crippen molar-refractivity contribution in [3.8, 4) is 6.01 Å². The molecule has 0 amide bonds. The average molecular weight is 277 g/mol. The number of aromatic nitrogens is 3. The van der Waals surface area contributed by atoms with Gasteiger partial charge in [0, 0.05) is 13.1 Å². The van der Waals surface area contributed by atoms with Crippen molar-refractivity contribution < 1.29 is 4.74 Å². The first-order valence-corrected chi connectivity index (χ1v) is 7.64. The van der Waals surface area contributed by atoms with Gasteiger partial charge in [0.15, 0.2) is 0 Å². The SMILES string of the molecule is CC1CCCC(Oc2nc(N)nc(N3CCCC3)n2)C1. The second-order valence-corrected chi connectivity index (χ2v) is 5.98. The molecule has 2 aliphatic rings. The molecule has 0 spiro atoms. The number of ether oxygens (including phenoxy) is 1. The van der Waals surface area contributed by atoms with Gasteiger partial charge in [0.05, 0.1) is 0 Å². The van der Waals surface area contributed by atoms with Gasteiger partial charge in [-0.3, -0.25) is 0 Å². The van der Waals surface area contributed by atoms with Crippen molar-refractivity contribution in [2.45, 2.75) is 51.6 Å². The fraction of sp³-hybridized carbons (Fsp3) is 0.786. The standard InChI is InChI=1S/C14H23N5O/c1-10-5-4-6-11(9-10)20-14-17-12(15)16-13(18-14)19-7-2-3-8-19/h10-11H,2-9H2,1H3,(H2,15,16,17,18). The highest BCUT2D eigenvalue weighted by Gasteiger charge is 2.23. The van der Waals surface area contributed by atoms with Gasteiger partial charge in [0.1, 0.15) is 6.10 Å². The minimum atomic E-state index is 0.215. The van der Waals surface area contributed by atoms with Crippen LogP contribution in [0, 0.1) is 5.92 Å². The molecule has 6 heteroatoms. The van der Waals surface area contributed by atoms with E-state index >= 15 is 0 Å². The van der Waals surface area contributed by atoms with E-state index in [0.29, 0.717) is 17.9 Å². The monoisotopic (exact) mass is 277 g/mol. The maximum atomic E-state index is 5.94. The topological polar surface area (TPSA) is 77.2 Å². The molecule has 2 atom stereocenters. The highest BCUT2D eigenvalue weighted by atomic mass is 16.5. The molecule has 0 radical (unpaired) electrons. The van der Waals surface area contributed by atoms with Gasteiger partial charge in [-0.25, -0.2) is 0 Å². The van der Waals surface area contributed by atoms with Crippen LogP contribution in [0.3, 0.4) is 0 Å². The van der Waals surface area contributed by atoms with Crippen LogP contribution >= 0.6 is 0 Å². The number of hydrogen-bond acceptors (Lipinski definition) is 6. The lowest BCUT2D eigenvalue weighted by molar-refractivity contribution is 0.118. The smallest absolute Gasteiger partial charge is 0.323 e. The second kappa shape index (κ2) is 5.81. The van der Waals surface area contributed by atoms with Gasteiger partial charge in [0.25, 0.3) is 0 Å². The maximum Gasteiger partial charge on any atom is 0.323 e. The van der Waals surface area contributed by atoms with Crippen LogP contribution in [0.15, 0.2) is 0 Å². The van der Waals surface area contributed by atoms with Crippen molar-refractivity contribution >= 4 is 11.9 Å². The molecule has 110 valence electrons. The van der Waals surface area contributed by atoms with Crippen molar-refractivity contribution in [1.29, 1.82) is 0 Å². The van der Waals surface area contributed by atoms with Crippen LogP contribution in [-0.2, 0) is 0 Å². The third kappa shape index (κ3) is 3.11. The summed E-state index contributed by atoms with van der Waals surface area (Å²) in [5, 5.41) is 0. The Morgan fingerprint density at radius 1 is 1.10 bits per heavy atom. The molecule has 2 N–H and O–H groups in total. The van der Waals surface area contributed by atoms with Crippen molar-refractivity contribution in [2.24, 2.45) is 5.92 Å². The normalized spacial score (nSPS) is 26.8. The summed E-state index contributed by atoms with van der Waals surface area (Å²) in [4.78, 5) is 14.9. The first-order valence-electron chi connectivity index (χ1n) is 7.64. The largest absolute Gasteiger partial charge is 0.460 e. The highest BCUT2D eigenvalue weighted by Crippen LogP contribution is 2.27. The number of rotatable bonds is 3. The first kappa shape index (κ1) is 13.4. The third-order valence-electron chi connectivity index (χ3n) is 4.17. The Labute approximate surface area is 119 Å². The summed E-state index contributed by atoms with van der Waals surface area (Å²) in [6.07, 6.45) is 7.24. The zero-order valence-electron chi connectivity index (χ0n) is 12.1. The van der Waals surface area contributed by atoms with Crippen molar-refractivity contribution in [3.63, 3.8) is 0 Å². The predicted molar refractivity (Wildman–Crippen MR) is 77.7 cm³/mol. The summed E-state index contributed by atoms with van der Waals surface area (Å²) in [6, 6.07) is 0.388. The molecule has 3 rings (SSSR count). The molecule has 20 heavy (non-hydrogen) atoms. The van der Waals surface area contributed by atoms with Gasteiger partial charge in [-0.05, 0) is 38.0 Å². The number of nitrogen functional groups attached to an aromatic ring is 1. The Hall–Kier alpha value is -1.59. The highest BCUT2D eigenvalue weighted by molar-refractivity contribution is 5.36. The lowest BCUT2D eigenvalue weighted by atomic mass is 9.89. The number of anilines is 2. The van der Waals surface area contributed by atoms with Crippen LogP contribution in [0.25, 0.3) is 0 Å². The van der Waals surface area contributed by atoms with Crippen molar-refractivity contribution in [3.05, 3.63) is 0 Å². The summed E-state index contributed by atoms with van der Waals surface area (Å²) in [5.41, 5.74) is 5.79. The van der Waals surface area contributed by atoms with Crippen LogP contribution in [0.4, 0.5) is 11.9 Å². The average Bonchev–Trinajstić information content (AvgIpc) is 2.91. The van der Waals surface area contributed by atoms with E-state index < -0.39 is 0 Å². The zero-order chi connectivity index (χ0) is 13.9. The summed E-state index contributed by atoms with van der Waals surface area (Å²) >= 11 is 0. The molecule has 2 heterocycles. The van der Waals surface area contributed by atoms with Crippen LogP contribution in [0.1, 0.15) is 45.4 Å². The van der Waals surface area contributed by atoms with E-state index in [1.807, 2.05) is 0 Å². The number of nitrogens with two attached hydrogens (primary N) is 1. The van der Waals surface area contributed by atoms with Gasteiger partial charge in [0.2, 0.25) is 11.9 Å². The minimum absolute atomic E-state index is 0.215. The minimum Gasteiger partial charge on any atom is -0.460 e. The molecule has 0 aromatic carbocycles. The van der Waals surface area contributed by atoms with Gasteiger partial charge >= 0.3 is 6.01 Å². The van der Waals surface area contributed by atoms with E-state index in [9.17, 15) is 0 Å². The van der Waals surface area contributed by atoms with E-state index in [0.717, 1.165) is 25.9 Å². The van der Waals surface area contributed by atoms with E-state index in [-0.39, 0.29) is 12.1 Å². The Kier molecular flexibility index (Phi) is 3.89. The van der Waals surface area contributed by atoms with E-state index in [1.54, 1.807) is 0 Å². The van der Waals surface area contributed by atoms with Gasteiger partial charge in [-0.15, -0.1) is 0 Å².